The second-order valence-corrected chi connectivity index (χ2v) is 3.09. The summed E-state index contributed by atoms with van der Waals surface area (Å²) in [6.07, 6.45) is 0.253. The van der Waals surface area contributed by atoms with E-state index in [2.05, 4.69) is 0 Å². The Morgan fingerprint density at radius 2 is 2.25 bits per heavy atom. The maximum Gasteiger partial charge on any atom is 0.255 e. The van der Waals surface area contributed by atoms with Crippen LogP contribution in [0.25, 0.3) is 0 Å². The summed E-state index contributed by atoms with van der Waals surface area (Å²) in [5.41, 5.74) is 1.31. The first-order chi connectivity index (χ1) is 5.68. The Kier molecular flexibility index (Phi) is 1.56. The van der Waals surface area contributed by atoms with Gasteiger partial charge in [-0.15, -0.1) is 0 Å². The fourth-order valence-corrected chi connectivity index (χ4v) is 1.42. The van der Waals surface area contributed by atoms with Gasteiger partial charge >= 0.3 is 0 Å². The maximum atomic E-state index is 11.0. The first kappa shape index (κ1) is 7.58. The number of halogens is 1. The van der Waals surface area contributed by atoms with Gasteiger partial charge in [0.05, 0.1) is 12.1 Å². The van der Waals surface area contributed by atoms with Crippen molar-refractivity contribution in [3.05, 3.63) is 28.8 Å². The number of carbonyl (C=O) groups excluding carboxylic acids is 1. The fraction of sp³-hybridized carbons (Fsp3) is 0.125. The van der Waals surface area contributed by atoms with Crippen LogP contribution in [0, 0.1) is 0 Å². The summed E-state index contributed by atoms with van der Waals surface area (Å²) >= 11 is 5.69. The van der Waals surface area contributed by atoms with Crippen molar-refractivity contribution < 1.29 is 10.0 Å². The molecule has 0 unspecified atom stereocenters. The van der Waals surface area contributed by atoms with Gasteiger partial charge in [0.25, 0.3) is 5.91 Å². The van der Waals surface area contributed by atoms with Crippen LogP contribution in [0.15, 0.2) is 18.2 Å². The van der Waals surface area contributed by atoms with Gasteiger partial charge < -0.3 is 0 Å². The highest BCUT2D eigenvalue weighted by Crippen LogP contribution is 2.29. The lowest BCUT2D eigenvalue weighted by atomic mass is 10.2. The summed E-state index contributed by atoms with van der Waals surface area (Å²) in [5.74, 6) is -0.313. The number of hydroxylamine groups is 1. The predicted molar refractivity (Wildman–Crippen MR) is 44.4 cm³/mol. The highest BCUT2D eigenvalue weighted by molar-refractivity contribution is 6.31. The summed E-state index contributed by atoms with van der Waals surface area (Å²) < 4.78 is 0. The molecular formula is C8H6ClNO2. The molecule has 0 radical (unpaired) electrons. The fourth-order valence-electron chi connectivity index (χ4n) is 1.26. The van der Waals surface area contributed by atoms with Gasteiger partial charge in [-0.2, -0.15) is 5.06 Å². The van der Waals surface area contributed by atoms with E-state index >= 15 is 0 Å². The molecule has 1 N–H and O–H groups in total. The molecule has 1 heterocycles. The number of fused-ring (bicyclic) bond motifs is 1. The molecule has 1 aromatic carbocycles. The smallest absolute Gasteiger partial charge is 0.255 e. The largest absolute Gasteiger partial charge is 0.281 e. The van der Waals surface area contributed by atoms with Crippen molar-refractivity contribution in [1.29, 1.82) is 0 Å². The first-order valence-corrected chi connectivity index (χ1v) is 3.86. The standard InChI is InChI=1S/C8H6ClNO2/c9-6-2-1-5-3-8(11)10(12)7(5)4-6/h1-2,4,12H,3H2. The quantitative estimate of drug-likeness (QED) is 0.621. The van der Waals surface area contributed by atoms with E-state index in [0.717, 1.165) is 5.56 Å². The lowest BCUT2D eigenvalue weighted by Crippen LogP contribution is -2.21. The summed E-state index contributed by atoms with van der Waals surface area (Å²) in [4.78, 5) is 11.0. The van der Waals surface area contributed by atoms with Gasteiger partial charge in [-0.3, -0.25) is 10.0 Å². The Hall–Kier alpha value is -1.06. The van der Waals surface area contributed by atoms with E-state index in [-0.39, 0.29) is 12.3 Å². The average molecular weight is 184 g/mol. The van der Waals surface area contributed by atoms with Crippen LogP contribution in [0.3, 0.4) is 0 Å². The number of carbonyl (C=O) groups is 1. The molecule has 0 aromatic heterocycles. The number of hydrogen-bond acceptors (Lipinski definition) is 2. The third kappa shape index (κ3) is 0.983. The Morgan fingerprint density at radius 3 is 3.00 bits per heavy atom. The molecule has 12 heavy (non-hydrogen) atoms. The van der Waals surface area contributed by atoms with Gasteiger partial charge in [-0.25, -0.2) is 0 Å². The molecule has 0 bridgehead atoms. The molecule has 2 rings (SSSR count). The Balaban J connectivity index is 2.55. The molecule has 62 valence electrons. The molecule has 0 saturated carbocycles. The average Bonchev–Trinajstić information content (AvgIpc) is 2.31. The van der Waals surface area contributed by atoms with E-state index in [4.69, 9.17) is 11.6 Å². The zero-order valence-electron chi connectivity index (χ0n) is 6.12. The van der Waals surface area contributed by atoms with Gasteiger partial charge in [-0.05, 0) is 17.7 Å². The summed E-state index contributed by atoms with van der Waals surface area (Å²) in [6.45, 7) is 0. The van der Waals surface area contributed by atoms with Crippen molar-refractivity contribution in [2.45, 2.75) is 6.42 Å². The molecule has 0 spiro atoms. The van der Waals surface area contributed by atoms with E-state index in [9.17, 15) is 10.0 Å². The van der Waals surface area contributed by atoms with Crippen LogP contribution in [0.2, 0.25) is 5.02 Å². The van der Waals surface area contributed by atoms with E-state index in [1.54, 1.807) is 18.2 Å². The van der Waals surface area contributed by atoms with Crippen LogP contribution in [0.1, 0.15) is 5.56 Å². The van der Waals surface area contributed by atoms with E-state index < -0.39 is 0 Å². The highest BCUT2D eigenvalue weighted by Gasteiger charge is 2.25. The minimum atomic E-state index is -0.313. The van der Waals surface area contributed by atoms with E-state index in [1.807, 2.05) is 0 Å². The first-order valence-electron chi connectivity index (χ1n) is 3.49. The Morgan fingerprint density at radius 1 is 1.50 bits per heavy atom. The topological polar surface area (TPSA) is 40.5 Å². The Labute approximate surface area is 74.1 Å². The van der Waals surface area contributed by atoms with Crippen molar-refractivity contribution in [3.8, 4) is 0 Å². The minimum absolute atomic E-state index is 0.253. The number of benzene rings is 1. The molecule has 0 fully saturated rings. The van der Waals surface area contributed by atoms with Crippen molar-refractivity contribution in [2.24, 2.45) is 0 Å². The van der Waals surface area contributed by atoms with Gasteiger partial charge in [0.1, 0.15) is 0 Å². The third-order valence-corrected chi connectivity index (χ3v) is 2.09. The molecule has 1 amide bonds. The Bertz CT molecular complexity index is 351. The van der Waals surface area contributed by atoms with E-state index in [0.29, 0.717) is 15.8 Å². The number of amides is 1. The summed E-state index contributed by atoms with van der Waals surface area (Å²) in [7, 11) is 0. The van der Waals surface area contributed by atoms with Crippen LogP contribution < -0.4 is 5.06 Å². The molecule has 0 saturated heterocycles. The van der Waals surface area contributed by atoms with E-state index in [1.165, 1.54) is 0 Å². The predicted octanol–water partition coefficient (Wildman–Crippen LogP) is 1.62. The van der Waals surface area contributed by atoms with Gasteiger partial charge in [0, 0.05) is 5.02 Å². The van der Waals surface area contributed by atoms with Gasteiger partial charge in [0.15, 0.2) is 0 Å². The van der Waals surface area contributed by atoms with Crippen molar-refractivity contribution in [1.82, 2.24) is 0 Å². The summed E-state index contributed by atoms with van der Waals surface area (Å²) in [6, 6.07) is 5.01. The number of hydrogen-bond donors (Lipinski definition) is 1. The highest BCUT2D eigenvalue weighted by atomic mass is 35.5. The molecule has 3 nitrogen and oxygen atoms in total. The van der Waals surface area contributed by atoms with Gasteiger partial charge in [0.2, 0.25) is 0 Å². The second kappa shape index (κ2) is 2.47. The number of nitrogens with zero attached hydrogens (tertiary/aromatic N) is 1. The van der Waals surface area contributed by atoms with Crippen LogP contribution in [-0.2, 0) is 11.2 Å². The maximum absolute atomic E-state index is 11.0. The number of rotatable bonds is 0. The summed E-state index contributed by atoms with van der Waals surface area (Å²) in [5, 5.41) is 10.4. The molecule has 4 heteroatoms. The third-order valence-electron chi connectivity index (χ3n) is 1.85. The molecule has 1 aliphatic heterocycles. The van der Waals surface area contributed by atoms with Crippen molar-refractivity contribution in [3.63, 3.8) is 0 Å². The van der Waals surface area contributed by atoms with Gasteiger partial charge in [-0.1, -0.05) is 17.7 Å². The normalized spacial score (nSPS) is 15.2. The lowest BCUT2D eigenvalue weighted by Gasteiger charge is -2.06. The minimum Gasteiger partial charge on any atom is -0.281 e. The lowest BCUT2D eigenvalue weighted by molar-refractivity contribution is -0.122. The van der Waals surface area contributed by atoms with Crippen LogP contribution in [-0.4, -0.2) is 11.1 Å². The number of anilines is 1. The zero-order chi connectivity index (χ0) is 8.72. The van der Waals surface area contributed by atoms with Crippen LogP contribution >= 0.6 is 11.6 Å². The molecular weight excluding hydrogens is 178 g/mol. The zero-order valence-corrected chi connectivity index (χ0v) is 6.88. The molecule has 0 aliphatic carbocycles. The second-order valence-electron chi connectivity index (χ2n) is 2.66. The molecule has 1 aliphatic rings. The monoisotopic (exact) mass is 183 g/mol. The SMILES string of the molecule is O=C1Cc2ccc(Cl)cc2N1O. The van der Waals surface area contributed by atoms with Crippen LogP contribution in [0.5, 0.6) is 0 Å². The molecule has 0 atom stereocenters. The van der Waals surface area contributed by atoms with Crippen molar-refractivity contribution >= 4 is 23.2 Å². The molecule has 1 aromatic rings. The van der Waals surface area contributed by atoms with Crippen molar-refractivity contribution in [2.75, 3.05) is 5.06 Å². The van der Waals surface area contributed by atoms with Crippen LogP contribution in [0.4, 0.5) is 5.69 Å².